The average molecular weight is 273 g/mol. The van der Waals surface area contributed by atoms with Gasteiger partial charge in [-0.2, -0.15) is 0 Å². The topological polar surface area (TPSA) is 55.4 Å². The van der Waals surface area contributed by atoms with E-state index in [1.807, 2.05) is 0 Å². The molecule has 1 aromatic carbocycles. The Morgan fingerprint density at radius 3 is 2.78 bits per heavy atom. The van der Waals surface area contributed by atoms with Crippen LogP contribution in [-0.2, 0) is 14.8 Å². The van der Waals surface area contributed by atoms with Crippen LogP contribution in [0.2, 0.25) is 0 Å². The Bertz CT molecular complexity index is 514. The molecular weight excluding hydrogens is 257 g/mol. The van der Waals surface area contributed by atoms with Crippen molar-refractivity contribution < 1.29 is 17.5 Å². The molecule has 1 N–H and O–H groups in total. The number of benzene rings is 1. The molecule has 1 atom stereocenters. The summed E-state index contributed by atoms with van der Waals surface area (Å²) in [6.07, 6.45) is 0.953. The van der Waals surface area contributed by atoms with Crippen LogP contribution in [0.1, 0.15) is 24.5 Å². The zero-order valence-corrected chi connectivity index (χ0v) is 10.9. The van der Waals surface area contributed by atoms with Gasteiger partial charge in [0.15, 0.2) is 0 Å². The van der Waals surface area contributed by atoms with E-state index in [0.717, 1.165) is 0 Å². The highest BCUT2D eigenvalue weighted by molar-refractivity contribution is 7.90. The fourth-order valence-electron chi connectivity index (χ4n) is 1.73. The summed E-state index contributed by atoms with van der Waals surface area (Å²) in [5.41, 5.74) is 0.621. The van der Waals surface area contributed by atoms with Gasteiger partial charge in [0.2, 0.25) is 10.0 Å². The number of ether oxygens (including phenoxy) is 1. The van der Waals surface area contributed by atoms with E-state index >= 15 is 0 Å². The number of hydrogen-bond donors (Lipinski definition) is 1. The van der Waals surface area contributed by atoms with E-state index in [9.17, 15) is 12.8 Å². The average Bonchev–Trinajstić information content (AvgIpc) is 3.14. The second-order valence-corrected chi connectivity index (χ2v) is 6.42. The number of halogens is 1. The Morgan fingerprint density at radius 1 is 1.50 bits per heavy atom. The van der Waals surface area contributed by atoms with Crippen LogP contribution >= 0.6 is 0 Å². The Kier molecular flexibility index (Phi) is 3.99. The van der Waals surface area contributed by atoms with Gasteiger partial charge in [-0.05, 0) is 30.5 Å². The van der Waals surface area contributed by atoms with Gasteiger partial charge in [-0.1, -0.05) is 12.1 Å². The van der Waals surface area contributed by atoms with Gasteiger partial charge < -0.3 is 4.74 Å². The summed E-state index contributed by atoms with van der Waals surface area (Å²) in [4.78, 5) is 0. The second kappa shape index (κ2) is 5.34. The number of rotatable bonds is 6. The molecule has 0 spiro atoms. The van der Waals surface area contributed by atoms with Gasteiger partial charge in [-0.25, -0.2) is 17.5 Å². The van der Waals surface area contributed by atoms with Gasteiger partial charge in [0, 0.05) is 13.7 Å². The SMILES string of the molecule is COC(CNS(=O)(=O)C1CC1)c1cccc(F)c1. The van der Waals surface area contributed by atoms with E-state index in [1.54, 1.807) is 12.1 Å². The molecule has 0 bridgehead atoms. The molecule has 18 heavy (non-hydrogen) atoms. The molecule has 100 valence electrons. The summed E-state index contributed by atoms with van der Waals surface area (Å²) < 4.78 is 44.1. The Hall–Kier alpha value is -0.980. The van der Waals surface area contributed by atoms with Crippen LogP contribution in [0.3, 0.4) is 0 Å². The molecule has 0 saturated heterocycles. The quantitative estimate of drug-likeness (QED) is 0.856. The third-order valence-electron chi connectivity index (χ3n) is 2.94. The van der Waals surface area contributed by atoms with Crippen molar-refractivity contribution in [3.63, 3.8) is 0 Å². The third kappa shape index (κ3) is 3.28. The van der Waals surface area contributed by atoms with E-state index < -0.39 is 16.1 Å². The molecule has 1 unspecified atom stereocenters. The van der Waals surface area contributed by atoms with E-state index in [4.69, 9.17) is 4.74 Å². The first-order valence-corrected chi connectivity index (χ1v) is 7.34. The first-order valence-electron chi connectivity index (χ1n) is 5.79. The molecule has 6 heteroatoms. The summed E-state index contributed by atoms with van der Waals surface area (Å²) in [5, 5.41) is -0.262. The summed E-state index contributed by atoms with van der Waals surface area (Å²) in [7, 11) is -1.76. The third-order valence-corrected chi connectivity index (χ3v) is 4.86. The highest BCUT2D eigenvalue weighted by Gasteiger charge is 2.35. The summed E-state index contributed by atoms with van der Waals surface area (Å²) >= 11 is 0. The fraction of sp³-hybridized carbons (Fsp3) is 0.500. The van der Waals surface area contributed by atoms with Crippen LogP contribution in [0.25, 0.3) is 0 Å². The van der Waals surface area contributed by atoms with Crippen LogP contribution in [0, 0.1) is 5.82 Å². The molecule has 1 fully saturated rings. The molecule has 2 rings (SSSR count). The van der Waals surface area contributed by atoms with Crippen molar-refractivity contribution in [2.24, 2.45) is 0 Å². The van der Waals surface area contributed by atoms with Crippen molar-refractivity contribution in [1.29, 1.82) is 0 Å². The summed E-state index contributed by atoms with van der Waals surface area (Å²) in [6, 6.07) is 5.97. The van der Waals surface area contributed by atoms with Crippen molar-refractivity contribution in [1.82, 2.24) is 4.72 Å². The minimum Gasteiger partial charge on any atom is -0.375 e. The Balaban J connectivity index is 2.01. The zero-order chi connectivity index (χ0) is 13.2. The van der Waals surface area contributed by atoms with Crippen molar-refractivity contribution in [2.45, 2.75) is 24.2 Å². The normalized spacial score (nSPS) is 17.7. The smallest absolute Gasteiger partial charge is 0.214 e. The van der Waals surface area contributed by atoms with Crippen molar-refractivity contribution in [3.8, 4) is 0 Å². The van der Waals surface area contributed by atoms with Crippen LogP contribution < -0.4 is 4.72 Å². The molecule has 0 aliphatic heterocycles. The molecular formula is C12H16FNO3S. The van der Waals surface area contributed by atoms with E-state index in [0.29, 0.717) is 18.4 Å². The van der Waals surface area contributed by atoms with E-state index in [-0.39, 0.29) is 17.6 Å². The molecule has 0 aromatic heterocycles. The van der Waals surface area contributed by atoms with Gasteiger partial charge >= 0.3 is 0 Å². The van der Waals surface area contributed by atoms with E-state index in [1.165, 1.54) is 19.2 Å². The Morgan fingerprint density at radius 2 is 2.22 bits per heavy atom. The molecule has 1 aliphatic carbocycles. The lowest BCUT2D eigenvalue weighted by Crippen LogP contribution is -2.31. The predicted octanol–water partition coefficient (Wildman–Crippen LogP) is 1.59. The molecule has 0 radical (unpaired) electrons. The highest BCUT2D eigenvalue weighted by atomic mass is 32.2. The number of sulfonamides is 1. The molecule has 0 heterocycles. The Labute approximate surface area is 106 Å². The highest BCUT2D eigenvalue weighted by Crippen LogP contribution is 2.28. The second-order valence-electron chi connectivity index (χ2n) is 4.37. The fourth-order valence-corrected chi connectivity index (χ4v) is 3.11. The van der Waals surface area contributed by atoms with Gasteiger partial charge in [-0.3, -0.25) is 0 Å². The molecule has 4 nitrogen and oxygen atoms in total. The van der Waals surface area contributed by atoms with Crippen molar-refractivity contribution >= 4 is 10.0 Å². The standard InChI is InChI=1S/C12H16FNO3S/c1-17-12(9-3-2-4-10(13)7-9)8-14-18(15,16)11-5-6-11/h2-4,7,11-12,14H,5-6,8H2,1H3. The number of hydrogen-bond acceptors (Lipinski definition) is 3. The lowest BCUT2D eigenvalue weighted by Gasteiger charge is -2.16. The molecule has 0 amide bonds. The molecule has 1 saturated carbocycles. The van der Waals surface area contributed by atoms with Gasteiger partial charge in [0.1, 0.15) is 5.82 Å². The minimum absolute atomic E-state index is 0.124. The van der Waals surface area contributed by atoms with Crippen LogP contribution in [0.4, 0.5) is 4.39 Å². The van der Waals surface area contributed by atoms with Gasteiger partial charge in [0.25, 0.3) is 0 Å². The first-order chi connectivity index (χ1) is 8.53. The van der Waals surface area contributed by atoms with Crippen molar-refractivity contribution in [3.05, 3.63) is 35.6 Å². The maximum Gasteiger partial charge on any atom is 0.214 e. The minimum atomic E-state index is -3.23. The number of methoxy groups -OCH3 is 1. The maximum atomic E-state index is 13.1. The predicted molar refractivity (Wildman–Crippen MR) is 66.1 cm³/mol. The number of nitrogens with one attached hydrogen (secondary N) is 1. The lowest BCUT2D eigenvalue weighted by atomic mass is 10.1. The van der Waals surface area contributed by atoms with Gasteiger partial charge in [0.05, 0.1) is 11.4 Å². The van der Waals surface area contributed by atoms with Crippen LogP contribution in [-0.4, -0.2) is 27.3 Å². The molecule has 1 aromatic rings. The van der Waals surface area contributed by atoms with Gasteiger partial charge in [-0.15, -0.1) is 0 Å². The maximum absolute atomic E-state index is 13.1. The first kappa shape index (κ1) is 13.5. The zero-order valence-electron chi connectivity index (χ0n) is 10.1. The van der Waals surface area contributed by atoms with Crippen LogP contribution in [0.15, 0.2) is 24.3 Å². The van der Waals surface area contributed by atoms with Crippen molar-refractivity contribution in [2.75, 3.05) is 13.7 Å². The lowest BCUT2D eigenvalue weighted by molar-refractivity contribution is 0.107. The summed E-state index contributed by atoms with van der Waals surface area (Å²) in [6.45, 7) is 0.124. The van der Waals surface area contributed by atoms with E-state index in [2.05, 4.69) is 4.72 Å². The monoisotopic (exact) mass is 273 g/mol. The van der Waals surface area contributed by atoms with Crippen LogP contribution in [0.5, 0.6) is 0 Å². The molecule has 1 aliphatic rings. The largest absolute Gasteiger partial charge is 0.375 e. The summed E-state index contributed by atoms with van der Waals surface area (Å²) in [5.74, 6) is -0.361.